The molecule has 2 rings (SSSR count). The van der Waals surface area contributed by atoms with Crippen molar-refractivity contribution >= 4 is 23.0 Å². The summed E-state index contributed by atoms with van der Waals surface area (Å²) in [6, 6.07) is 0.212. The van der Waals surface area contributed by atoms with Gasteiger partial charge in [-0.1, -0.05) is 12.2 Å². The van der Waals surface area contributed by atoms with Gasteiger partial charge in [0.05, 0.1) is 18.7 Å². The molecule has 0 amide bonds. The van der Waals surface area contributed by atoms with Gasteiger partial charge in [-0.2, -0.15) is 0 Å². The van der Waals surface area contributed by atoms with Gasteiger partial charge in [0.15, 0.2) is 0 Å². The summed E-state index contributed by atoms with van der Waals surface area (Å²) in [6.45, 7) is 2.86. The third kappa shape index (κ3) is 3.24. The first-order valence-corrected chi connectivity index (χ1v) is 5.90. The van der Waals surface area contributed by atoms with Crippen molar-refractivity contribution in [3.63, 3.8) is 0 Å². The fourth-order valence-corrected chi connectivity index (χ4v) is 1.64. The quantitative estimate of drug-likeness (QED) is 0.776. The Morgan fingerprint density at radius 1 is 1.50 bits per heavy atom. The Bertz CT molecular complexity index is 507. The van der Waals surface area contributed by atoms with Gasteiger partial charge in [-0.15, -0.1) is 0 Å². The highest BCUT2D eigenvalue weighted by atomic mass is 32.1. The van der Waals surface area contributed by atoms with Crippen molar-refractivity contribution in [2.45, 2.75) is 19.5 Å². The lowest BCUT2D eigenvalue weighted by Gasteiger charge is -2.14. The van der Waals surface area contributed by atoms with Crippen molar-refractivity contribution in [2.24, 2.45) is 5.73 Å². The first-order chi connectivity index (χ1) is 8.65. The fourth-order valence-electron chi connectivity index (χ4n) is 1.54. The molecule has 0 fully saturated rings. The molecular weight excluding hydrogens is 248 g/mol. The van der Waals surface area contributed by atoms with Crippen molar-refractivity contribution in [1.29, 1.82) is 0 Å². The Labute approximate surface area is 110 Å². The molecule has 1 unspecified atom stereocenters. The molecule has 2 aromatic rings. The predicted octanol–water partition coefficient (Wildman–Crippen LogP) is 0.808. The van der Waals surface area contributed by atoms with Crippen molar-refractivity contribution in [3.05, 3.63) is 36.8 Å². The summed E-state index contributed by atoms with van der Waals surface area (Å²) in [7, 11) is 0. The number of anilines is 1. The number of hydrogen-bond donors (Lipinski definition) is 2. The number of nitrogens with zero attached hydrogens (tertiary/aromatic N) is 4. The lowest BCUT2D eigenvalue weighted by molar-refractivity contribution is 0.616. The Hall–Kier alpha value is -2.02. The second-order valence-electron chi connectivity index (χ2n) is 3.96. The number of aromatic nitrogens is 4. The second kappa shape index (κ2) is 5.54. The molecule has 0 aliphatic heterocycles. The molecule has 0 radical (unpaired) electrons. The molecule has 2 aromatic heterocycles. The van der Waals surface area contributed by atoms with Crippen molar-refractivity contribution < 1.29 is 0 Å². The Balaban J connectivity index is 1.94. The summed E-state index contributed by atoms with van der Waals surface area (Å²) in [5, 5.41) is 3.24. The molecule has 2 heterocycles. The SMILES string of the molecule is CC(Cn1ccnc1)Nc1cnc(C(N)=S)cn1. The minimum absolute atomic E-state index is 0.212. The molecule has 94 valence electrons. The van der Waals surface area contributed by atoms with E-state index in [1.54, 1.807) is 24.9 Å². The van der Waals surface area contributed by atoms with Gasteiger partial charge in [0.2, 0.25) is 0 Å². The predicted molar refractivity (Wildman–Crippen MR) is 73.2 cm³/mol. The van der Waals surface area contributed by atoms with E-state index < -0.39 is 0 Å². The highest BCUT2D eigenvalue weighted by Gasteiger charge is 2.05. The fraction of sp³-hybridized carbons (Fsp3) is 0.273. The lowest BCUT2D eigenvalue weighted by Crippen LogP contribution is -2.22. The number of thiocarbonyl (C=S) groups is 1. The summed E-state index contributed by atoms with van der Waals surface area (Å²) in [4.78, 5) is 12.6. The van der Waals surface area contributed by atoms with Crippen LogP contribution in [-0.4, -0.2) is 30.5 Å². The number of rotatable bonds is 5. The first kappa shape index (κ1) is 12.4. The molecule has 0 saturated heterocycles. The van der Waals surface area contributed by atoms with E-state index in [0.29, 0.717) is 11.5 Å². The summed E-state index contributed by atoms with van der Waals surface area (Å²) in [6.07, 6.45) is 8.64. The molecule has 6 nitrogen and oxygen atoms in total. The van der Waals surface area contributed by atoms with E-state index in [4.69, 9.17) is 18.0 Å². The third-order valence-electron chi connectivity index (χ3n) is 2.34. The summed E-state index contributed by atoms with van der Waals surface area (Å²) in [5.41, 5.74) is 5.98. The van der Waals surface area contributed by atoms with Crippen LogP contribution in [0.2, 0.25) is 0 Å². The van der Waals surface area contributed by atoms with Gasteiger partial charge in [-0.25, -0.2) is 15.0 Å². The summed E-state index contributed by atoms with van der Waals surface area (Å²) < 4.78 is 1.99. The van der Waals surface area contributed by atoms with E-state index in [9.17, 15) is 0 Å². The van der Waals surface area contributed by atoms with Crippen LogP contribution in [0.1, 0.15) is 12.6 Å². The normalized spacial score (nSPS) is 12.1. The van der Waals surface area contributed by atoms with Gasteiger partial charge < -0.3 is 15.6 Å². The zero-order valence-electron chi connectivity index (χ0n) is 9.95. The van der Waals surface area contributed by atoms with E-state index >= 15 is 0 Å². The number of hydrogen-bond acceptors (Lipinski definition) is 5. The van der Waals surface area contributed by atoms with E-state index in [1.165, 1.54) is 0 Å². The maximum Gasteiger partial charge on any atom is 0.144 e. The van der Waals surface area contributed by atoms with Gasteiger partial charge in [-0.05, 0) is 6.92 Å². The molecule has 0 spiro atoms. The molecule has 0 aliphatic rings. The van der Waals surface area contributed by atoms with Crippen molar-refractivity contribution in [3.8, 4) is 0 Å². The van der Waals surface area contributed by atoms with Crippen LogP contribution in [0.5, 0.6) is 0 Å². The summed E-state index contributed by atoms with van der Waals surface area (Å²) >= 11 is 4.81. The highest BCUT2D eigenvalue weighted by molar-refractivity contribution is 7.80. The van der Waals surface area contributed by atoms with Crippen LogP contribution in [-0.2, 0) is 6.54 Å². The third-order valence-corrected chi connectivity index (χ3v) is 2.55. The van der Waals surface area contributed by atoms with Gasteiger partial charge >= 0.3 is 0 Å². The van der Waals surface area contributed by atoms with Crippen molar-refractivity contribution in [1.82, 2.24) is 19.5 Å². The minimum atomic E-state index is 0.212. The molecule has 1 atom stereocenters. The van der Waals surface area contributed by atoms with Gasteiger partial charge in [-0.3, -0.25) is 0 Å². The summed E-state index contributed by atoms with van der Waals surface area (Å²) in [5.74, 6) is 0.697. The number of nitrogens with two attached hydrogens (primary N) is 1. The molecule has 7 heteroatoms. The molecule has 0 saturated carbocycles. The van der Waals surface area contributed by atoms with Crippen LogP contribution in [0.4, 0.5) is 5.82 Å². The maximum atomic E-state index is 5.45. The number of nitrogens with one attached hydrogen (secondary N) is 1. The largest absolute Gasteiger partial charge is 0.388 e. The van der Waals surface area contributed by atoms with Crippen LogP contribution in [0.25, 0.3) is 0 Å². The minimum Gasteiger partial charge on any atom is -0.388 e. The van der Waals surface area contributed by atoms with Gasteiger partial charge in [0.25, 0.3) is 0 Å². The Morgan fingerprint density at radius 2 is 2.33 bits per heavy atom. The monoisotopic (exact) mass is 262 g/mol. The van der Waals surface area contributed by atoms with E-state index in [-0.39, 0.29) is 11.0 Å². The molecule has 3 N–H and O–H groups in total. The van der Waals surface area contributed by atoms with E-state index in [0.717, 1.165) is 6.54 Å². The average Bonchev–Trinajstić information content (AvgIpc) is 2.82. The smallest absolute Gasteiger partial charge is 0.144 e. The molecule has 18 heavy (non-hydrogen) atoms. The van der Waals surface area contributed by atoms with Crippen LogP contribution < -0.4 is 11.1 Å². The Morgan fingerprint density at radius 3 is 2.89 bits per heavy atom. The zero-order valence-corrected chi connectivity index (χ0v) is 10.8. The van der Waals surface area contributed by atoms with Gasteiger partial charge in [0.1, 0.15) is 16.5 Å². The van der Waals surface area contributed by atoms with E-state index in [1.807, 2.05) is 10.8 Å². The zero-order chi connectivity index (χ0) is 13.0. The van der Waals surface area contributed by atoms with Gasteiger partial charge in [0, 0.05) is 25.0 Å². The van der Waals surface area contributed by atoms with Crippen LogP contribution in [0.15, 0.2) is 31.1 Å². The Kier molecular flexibility index (Phi) is 3.83. The van der Waals surface area contributed by atoms with Crippen molar-refractivity contribution in [2.75, 3.05) is 5.32 Å². The average molecular weight is 262 g/mol. The first-order valence-electron chi connectivity index (χ1n) is 5.49. The maximum absolute atomic E-state index is 5.45. The molecule has 0 aliphatic carbocycles. The number of imidazole rings is 1. The lowest BCUT2D eigenvalue weighted by atomic mass is 10.3. The highest BCUT2D eigenvalue weighted by Crippen LogP contribution is 2.04. The van der Waals surface area contributed by atoms with Crippen LogP contribution >= 0.6 is 12.2 Å². The molecule has 0 bridgehead atoms. The van der Waals surface area contributed by atoms with E-state index in [2.05, 4.69) is 27.2 Å². The standard InChI is InChI=1S/C11H14N6S/c1-8(6-17-3-2-13-7-17)16-10-5-14-9(4-15-10)11(12)18/h2-5,7-8H,6H2,1H3,(H2,12,18)(H,15,16). The van der Waals surface area contributed by atoms with Crippen LogP contribution in [0, 0.1) is 0 Å². The van der Waals surface area contributed by atoms with Crippen LogP contribution in [0.3, 0.4) is 0 Å². The second-order valence-corrected chi connectivity index (χ2v) is 4.40. The topological polar surface area (TPSA) is 81.7 Å². The molecule has 0 aromatic carbocycles. The molecular formula is C11H14N6S.